The first kappa shape index (κ1) is 12.3. The summed E-state index contributed by atoms with van der Waals surface area (Å²) in [6.45, 7) is 2.34. The van der Waals surface area contributed by atoms with E-state index < -0.39 is 0 Å². The van der Waals surface area contributed by atoms with Gasteiger partial charge in [0.15, 0.2) is 0 Å². The Morgan fingerprint density at radius 2 is 2.06 bits per heavy atom. The summed E-state index contributed by atoms with van der Waals surface area (Å²) in [5.74, 6) is 1.60. The zero-order valence-corrected chi connectivity index (χ0v) is 11.7. The summed E-state index contributed by atoms with van der Waals surface area (Å²) < 4.78 is 0. The van der Waals surface area contributed by atoms with E-state index in [4.69, 9.17) is 4.98 Å². The molecule has 0 amide bonds. The lowest BCUT2D eigenvalue weighted by Gasteiger charge is -2.18. The van der Waals surface area contributed by atoms with E-state index in [1.54, 1.807) is 11.3 Å². The van der Waals surface area contributed by atoms with E-state index in [-0.39, 0.29) is 0 Å². The van der Waals surface area contributed by atoms with Gasteiger partial charge in [0.2, 0.25) is 0 Å². The van der Waals surface area contributed by atoms with Gasteiger partial charge in [-0.25, -0.2) is 4.98 Å². The Balaban J connectivity index is 1.68. The molecule has 1 aromatic rings. The average molecular weight is 264 g/mol. The Morgan fingerprint density at radius 1 is 1.28 bits per heavy atom. The van der Waals surface area contributed by atoms with Crippen LogP contribution in [0.15, 0.2) is 5.38 Å². The minimum absolute atomic E-state index is 0.431. The van der Waals surface area contributed by atoms with Crippen LogP contribution in [-0.2, 0) is 4.79 Å². The van der Waals surface area contributed by atoms with Gasteiger partial charge in [0.05, 0.1) is 10.7 Å². The van der Waals surface area contributed by atoms with Crippen molar-refractivity contribution in [3.05, 3.63) is 16.1 Å². The maximum absolute atomic E-state index is 11.3. The van der Waals surface area contributed by atoms with Crippen molar-refractivity contribution in [3.8, 4) is 0 Å². The van der Waals surface area contributed by atoms with Gasteiger partial charge in [-0.3, -0.25) is 4.79 Å². The molecule has 0 bridgehead atoms. The number of likely N-dealkylation sites (tertiary alicyclic amines) is 1. The van der Waals surface area contributed by atoms with Gasteiger partial charge in [0.25, 0.3) is 0 Å². The van der Waals surface area contributed by atoms with Crippen LogP contribution in [0.1, 0.15) is 54.6 Å². The van der Waals surface area contributed by atoms with E-state index in [0.717, 1.165) is 32.2 Å². The van der Waals surface area contributed by atoms with Gasteiger partial charge in [0, 0.05) is 36.6 Å². The molecule has 4 heteroatoms. The number of likely N-dealkylation sites (N-methyl/N-ethyl adjacent to an activating group) is 1. The highest BCUT2D eigenvalue weighted by molar-refractivity contribution is 7.09. The summed E-state index contributed by atoms with van der Waals surface area (Å²) in [5.41, 5.74) is 1.29. The molecule has 1 unspecified atom stereocenters. The Bertz CT molecular complexity index is 433. The van der Waals surface area contributed by atoms with E-state index in [1.807, 2.05) is 0 Å². The number of nitrogens with zero attached hydrogens (tertiary/aromatic N) is 2. The standard InChI is InChI=1S/C14H20N2OS/c1-16-7-6-11(8-16)13-9-18-14(15-13)10-2-4-12(17)5-3-10/h9-11H,2-8H2,1H3. The predicted molar refractivity (Wildman–Crippen MR) is 73.2 cm³/mol. The lowest BCUT2D eigenvalue weighted by atomic mass is 9.89. The summed E-state index contributed by atoms with van der Waals surface area (Å²) in [6.07, 6.45) is 4.77. The molecule has 3 nitrogen and oxygen atoms in total. The van der Waals surface area contributed by atoms with Gasteiger partial charge in [-0.2, -0.15) is 0 Å². The highest BCUT2D eigenvalue weighted by Crippen LogP contribution is 2.35. The fourth-order valence-corrected chi connectivity index (χ4v) is 4.11. The van der Waals surface area contributed by atoms with E-state index in [2.05, 4.69) is 17.3 Å². The fraction of sp³-hybridized carbons (Fsp3) is 0.714. The topological polar surface area (TPSA) is 33.2 Å². The number of hydrogen-bond donors (Lipinski definition) is 0. The monoisotopic (exact) mass is 264 g/mol. The van der Waals surface area contributed by atoms with Crippen molar-refractivity contribution < 1.29 is 4.79 Å². The second kappa shape index (κ2) is 5.10. The Morgan fingerprint density at radius 3 is 2.72 bits per heavy atom. The van der Waals surface area contributed by atoms with Crippen molar-refractivity contribution in [2.75, 3.05) is 20.1 Å². The summed E-state index contributed by atoms with van der Waals surface area (Å²) in [4.78, 5) is 18.5. The number of carbonyl (C=O) groups excluding carboxylic acids is 1. The maximum atomic E-state index is 11.3. The van der Waals surface area contributed by atoms with Crippen LogP contribution in [0.25, 0.3) is 0 Å². The predicted octanol–water partition coefficient (Wildman–Crippen LogP) is 2.79. The third kappa shape index (κ3) is 2.50. The number of hydrogen-bond acceptors (Lipinski definition) is 4. The molecule has 2 aliphatic rings. The van der Waals surface area contributed by atoms with Crippen LogP contribution in [0.2, 0.25) is 0 Å². The van der Waals surface area contributed by atoms with Gasteiger partial charge in [0.1, 0.15) is 5.78 Å². The van der Waals surface area contributed by atoms with Crippen molar-refractivity contribution in [2.45, 2.75) is 43.9 Å². The molecule has 2 heterocycles. The van der Waals surface area contributed by atoms with Gasteiger partial charge < -0.3 is 4.90 Å². The number of Topliss-reactive ketones (excluding diaryl/α,β-unsaturated/α-hetero) is 1. The number of ketones is 1. The van der Waals surface area contributed by atoms with Gasteiger partial charge in [-0.15, -0.1) is 11.3 Å². The molecule has 0 aromatic carbocycles. The van der Waals surface area contributed by atoms with E-state index in [9.17, 15) is 4.79 Å². The smallest absolute Gasteiger partial charge is 0.132 e. The van der Waals surface area contributed by atoms with E-state index in [0.29, 0.717) is 17.6 Å². The Labute approximate surface area is 112 Å². The van der Waals surface area contributed by atoms with Crippen LogP contribution < -0.4 is 0 Å². The maximum Gasteiger partial charge on any atom is 0.132 e. The van der Waals surface area contributed by atoms with E-state index >= 15 is 0 Å². The first-order valence-electron chi connectivity index (χ1n) is 6.88. The largest absolute Gasteiger partial charge is 0.306 e. The van der Waals surface area contributed by atoms with Crippen molar-refractivity contribution >= 4 is 17.1 Å². The number of aromatic nitrogens is 1. The molecule has 1 saturated heterocycles. The Hall–Kier alpha value is -0.740. The minimum atomic E-state index is 0.431. The summed E-state index contributed by atoms with van der Waals surface area (Å²) in [6, 6.07) is 0. The molecule has 0 N–H and O–H groups in total. The molecule has 1 saturated carbocycles. The second-order valence-electron chi connectivity index (χ2n) is 5.67. The zero-order valence-electron chi connectivity index (χ0n) is 10.9. The highest BCUT2D eigenvalue weighted by atomic mass is 32.1. The van der Waals surface area contributed by atoms with Gasteiger partial charge in [-0.05, 0) is 32.9 Å². The van der Waals surface area contributed by atoms with Gasteiger partial charge in [-0.1, -0.05) is 0 Å². The molecule has 1 aromatic heterocycles. The molecule has 1 aliphatic heterocycles. The molecule has 3 rings (SSSR count). The van der Waals surface area contributed by atoms with Crippen LogP contribution in [0.4, 0.5) is 0 Å². The SMILES string of the molecule is CN1CCC(c2csc(C3CCC(=O)CC3)n2)C1. The normalized spacial score (nSPS) is 26.9. The third-order valence-electron chi connectivity index (χ3n) is 4.24. The zero-order chi connectivity index (χ0) is 12.5. The van der Waals surface area contributed by atoms with Crippen molar-refractivity contribution in [1.82, 2.24) is 9.88 Å². The van der Waals surface area contributed by atoms with Crippen LogP contribution in [0.3, 0.4) is 0 Å². The lowest BCUT2D eigenvalue weighted by Crippen LogP contribution is -2.14. The van der Waals surface area contributed by atoms with Crippen molar-refractivity contribution in [2.24, 2.45) is 0 Å². The lowest BCUT2D eigenvalue weighted by molar-refractivity contribution is -0.120. The first-order chi connectivity index (χ1) is 8.72. The van der Waals surface area contributed by atoms with Crippen molar-refractivity contribution in [3.63, 3.8) is 0 Å². The van der Waals surface area contributed by atoms with Crippen LogP contribution >= 0.6 is 11.3 Å². The minimum Gasteiger partial charge on any atom is -0.306 e. The summed E-state index contributed by atoms with van der Waals surface area (Å²) in [7, 11) is 2.18. The molecule has 2 fully saturated rings. The van der Waals surface area contributed by atoms with Crippen molar-refractivity contribution in [1.29, 1.82) is 0 Å². The summed E-state index contributed by atoms with van der Waals surface area (Å²) >= 11 is 1.80. The molecule has 0 spiro atoms. The average Bonchev–Trinajstić information content (AvgIpc) is 2.98. The number of carbonyl (C=O) groups is 1. The second-order valence-corrected chi connectivity index (χ2v) is 6.56. The molecule has 98 valence electrons. The first-order valence-corrected chi connectivity index (χ1v) is 7.76. The highest BCUT2D eigenvalue weighted by Gasteiger charge is 2.26. The molecule has 18 heavy (non-hydrogen) atoms. The number of rotatable bonds is 2. The molecule has 1 aliphatic carbocycles. The molecule has 1 atom stereocenters. The molecular formula is C14H20N2OS. The third-order valence-corrected chi connectivity index (χ3v) is 5.27. The van der Waals surface area contributed by atoms with Crippen LogP contribution in [0, 0.1) is 0 Å². The quantitative estimate of drug-likeness (QED) is 0.823. The van der Waals surface area contributed by atoms with E-state index in [1.165, 1.54) is 23.7 Å². The fourth-order valence-electron chi connectivity index (χ4n) is 3.04. The summed E-state index contributed by atoms with van der Waals surface area (Å²) in [5, 5.41) is 3.52. The van der Waals surface area contributed by atoms with Crippen LogP contribution in [-0.4, -0.2) is 35.8 Å². The molecule has 0 radical (unpaired) electrons. The molecular weight excluding hydrogens is 244 g/mol. The van der Waals surface area contributed by atoms with Gasteiger partial charge >= 0.3 is 0 Å². The Kier molecular flexibility index (Phi) is 3.48. The van der Waals surface area contributed by atoms with Crippen LogP contribution in [0.5, 0.6) is 0 Å². The number of thiazole rings is 1.